The molecular weight excluding hydrogens is 348 g/mol. The molecule has 1 fully saturated rings. The molecule has 6 nitrogen and oxygen atoms in total. The van der Waals surface area contributed by atoms with Crippen LogP contribution < -0.4 is 4.90 Å². The maximum absolute atomic E-state index is 12.6. The van der Waals surface area contributed by atoms with Crippen molar-refractivity contribution in [1.29, 1.82) is 0 Å². The Labute approximate surface area is 144 Å². The van der Waals surface area contributed by atoms with E-state index in [2.05, 4.69) is 4.98 Å². The molecule has 24 heavy (non-hydrogen) atoms. The molecule has 2 heterocycles. The van der Waals surface area contributed by atoms with E-state index in [9.17, 15) is 18.3 Å². The van der Waals surface area contributed by atoms with Crippen molar-refractivity contribution in [2.75, 3.05) is 24.2 Å². The molecular formula is C16H18N2O4S2. The molecule has 1 unspecified atom stereocenters. The number of carbonyl (C=O) groups is 1. The normalized spacial score (nSPS) is 21.2. The molecule has 0 bridgehead atoms. The fourth-order valence-electron chi connectivity index (χ4n) is 2.63. The van der Waals surface area contributed by atoms with E-state index >= 15 is 0 Å². The number of sulfone groups is 1. The molecule has 1 N–H and O–H groups in total. The van der Waals surface area contributed by atoms with Gasteiger partial charge in [-0.1, -0.05) is 23.5 Å². The van der Waals surface area contributed by atoms with Crippen molar-refractivity contribution in [3.8, 4) is 0 Å². The third-order valence-electron chi connectivity index (χ3n) is 3.96. The lowest BCUT2D eigenvalue weighted by atomic mass is 10.1. The second-order valence-electron chi connectivity index (χ2n) is 6.30. The van der Waals surface area contributed by atoms with E-state index in [0.29, 0.717) is 35.1 Å². The van der Waals surface area contributed by atoms with Gasteiger partial charge in [0.25, 0.3) is 0 Å². The summed E-state index contributed by atoms with van der Waals surface area (Å²) in [5, 5.41) is 10.7. The summed E-state index contributed by atoms with van der Waals surface area (Å²) >= 11 is 1.25. The number of aromatic nitrogens is 1. The van der Waals surface area contributed by atoms with Crippen LogP contribution in [0.4, 0.5) is 5.13 Å². The lowest BCUT2D eigenvalue weighted by Crippen LogP contribution is -2.29. The van der Waals surface area contributed by atoms with Crippen LogP contribution in [-0.4, -0.2) is 49.2 Å². The van der Waals surface area contributed by atoms with Gasteiger partial charge < -0.3 is 10.0 Å². The van der Waals surface area contributed by atoms with Crippen LogP contribution >= 0.6 is 11.3 Å². The van der Waals surface area contributed by atoms with Crippen LogP contribution in [0.2, 0.25) is 0 Å². The summed E-state index contributed by atoms with van der Waals surface area (Å²) in [4.78, 5) is 19.4. The average Bonchev–Trinajstić information content (AvgIpc) is 3.12. The molecule has 128 valence electrons. The van der Waals surface area contributed by atoms with Gasteiger partial charge in [-0.2, -0.15) is 0 Å². The first-order valence-corrected chi connectivity index (χ1v) is 10.1. The van der Waals surface area contributed by atoms with Crippen LogP contribution in [0.1, 0.15) is 28.6 Å². The third kappa shape index (κ3) is 3.50. The molecule has 1 aromatic carbocycles. The maximum Gasteiger partial charge on any atom is 0.204 e. The van der Waals surface area contributed by atoms with Gasteiger partial charge in [0.15, 0.2) is 15.0 Å². The Morgan fingerprint density at radius 2 is 2.17 bits per heavy atom. The summed E-state index contributed by atoms with van der Waals surface area (Å²) in [6.45, 7) is 2.96. The molecule has 1 atom stereocenters. The molecule has 0 spiro atoms. The zero-order valence-corrected chi connectivity index (χ0v) is 15.0. The fraction of sp³-hybridized carbons (Fsp3) is 0.375. The Morgan fingerprint density at radius 3 is 2.79 bits per heavy atom. The summed E-state index contributed by atoms with van der Waals surface area (Å²) in [5.41, 5.74) is -0.416. The van der Waals surface area contributed by atoms with E-state index in [4.69, 9.17) is 0 Å². The van der Waals surface area contributed by atoms with Gasteiger partial charge in [0, 0.05) is 24.9 Å². The number of benzene rings is 1. The molecule has 1 saturated heterocycles. The van der Waals surface area contributed by atoms with E-state index in [1.807, 2.05) is 4.90 Å². The number of thiazole rings is 1. The number of carbonyl (C=O) groups excluding carboxylic acids is 1. The number of aliphatic hydroxyl groups is 1. The number of anilines is 1. The molecule has 0 radical (unpaired) electrons. The zero-order chi connectivity index (χ0) is 17.5. The zero-order valence-electron chi connectivity index (χ0n) is 13.4. The maximum atomic E-state index is 12.6. The summed E-state index contributed by atoms with van der Waals surface area (Å²) in [6.07, 6.45) is 3.27. The summed E-state index contributed by atoms with van der Waals surface area (Å²) < 4.78 is 23.3. The fourth-order valence-corrected chi connectivity index (χ4v) is 4.20. The topological polar surface area (TPSA) is 87.6 Å². The predicted molar refractivity (Wildman–Crippen MR) is 92.6 cm³/mol. The van der Waals surface area contributed by atoms with Gasteiger partial charge in [0.05, 0.1) is 21.6 Å². The molecule has 1 aliphatic heterocycles. The number of rotatable bonds is 4. The van der Waals surface area contributed by atoms with Crippen molar-refractivity contribution < 1.29 is 18.3 Å². The van der Waals surface area contributed by atoms with Crippen molar-refractivity contribution in [2.24, 2.45) is 0 Å². The second-order valence-corrected chi connectivity index (χ2v) is 9.33. The minimum atomic E-state index is -3.36. The van der Waals surface area contributed by atoms with Gasteiger partial charge in [0.1, 0.15) is 0 Å². The molecule has 2 aromatic rings. The first-order chi connectivity index (χ1) is 11.2. The Hall–Kier alpha value is -1.77. The first kappa shape index (κ1) is 17.1. The number of hydrogen-bond acceptors (Lipinski definition) is 7. The van der Waals surface area contributed by atoms with Gasteiger partial charge in [-0.15, -0.1) is 0 Å². The molecule has 1 aliphatic rings. The van der Waals surface area contributed by atoms with Crippen LogP contribution in [0.15, 0.2) is 35.4 Å². The Kier molecular flexibility index (Phi) is 4.23. The van der Waals surface area contributed by atoms with Gasteiger partial charge in [-0.25, -0.2) is 13.4 Å². The summed E-state index contributed by atoms with van der Waals surface area (Å²) in [6, 6.07) is 6.01. The molecule has 3 rings (SSSR count). The quantitative estimate of drug-likeness (QED) is 0.830. The average molecular weight is 366 g/mol. The first-order valence-electron chi connectivity index (χ1n) is 7.44. The summed E-state index contributed by atoms with van der Waals surface area (Å²) in [5.74, 6) is -0.254. The van der Waals surface area contributed by atoms with Gasteiger partial charge in [-0.05, 0) is 25.5 Å². The molecule has 8 heteroatoms. The monoisotopic (exact) mass is 366 g/mol. The second kappa shape index (κ2) is 5.94. The van der Waals surface area contributed by atoms with E-state index in [0.717, 1.165) is 6.26 Å². The van der Waals surface area contributed by atoms with Crippen LogP contribution in [0.5, 0.6) is 0 Å². The van der Waals surface area contributed by atoms with Crippen molar-refractivity contribution >= 4 is 32.1 Å². The van der Waals surface area contributed by atoms with Crippen molar-refractivity contribution in [1.82, 2.24) is 4.98 Å². The Balaban J connectivity index is 1.84. The van der Waals surface area contributed by atoms with Crippen molar-refractivity contribution in [3.05, 3.63) is 40.9 Å². The van der Waals surface area contributed by atoms with Crippen LogP contribution in [0.3, 0.4) is 0 Å². The highest BCUT2D eigenvalue weighted by Crippen LogP contribution is 2.30. The minimum absolute atomic E-state index is 0.119. The molecule has 0 amide bonds. The van der Waals surface area contributed by atoms with Gasteiger partial charge >= 0.3 is 0 Å². The van der Waals surface area contributed by atoms with E-state index in [1.54, 1.807) is 19.1 Å². The largest absolute Gasteiger partial charge is 0.388 e. The SMILES string of the molecule is CC1(O)CCN(c2ncc(C(=O)c3cccc(S(C)(=O)=O)c3)s2)C1. The number of ketones is 1. The van der Waals surface area contributed by atoms with Gasteiger partial charge in [0.2, 0.25) is 5.78 Å². The lowest BCUT2D eigenvalue weighted by molar-refractivity contribution is 0.0839. The number of nitrogens with zero attached hydrogens (tertiary/aromatic N) is 2. The van der Waals surface area contributed by atoms with E-state index < -0.39 is 15.4 Å². The van der Waals surface area contributed by atoms with E-state index in [1.165, 1.54) is 29.7 Å². The molecule has 1 aromatic heterocycles. The van der Waals surface area contributed by atoms with Crippen LogP contribution in [-0.2, 0) is 9.84 Å². The predicted octanol–water partition coefficient (Wildman–Crippen LogP) is 1.74. The summed E-state index contributed by atoms with van der Waals surface area (Å²) in [7, 11) is -3.36. The highest BCUT2D eigenvalue weighted by Gasteiger charge is 2.33. The Morgan fingerprint density at radius 1 is 1.42 bits per heavy atom. The van der Waals surface area contributed by atoms with Crippen molar-refractivity contribution in [3.63, 3.8) is 0 Å². The van der Waals surface area contributed by atoms with Gasteiger partial charge in [-0.3, -0.25) is 4.79 Å². The molecule has 0 saturated carbocycles. The minimum Gasteiger partial charge on any atom is -0.388 e. The standard InChI is InChI=1S/C16H18N2O4S2/c1-16(20)6-7-18(10-16)15-17-9-13(23-15)14(19)11-4-3-5-12(8-11)24(2,21)22/h3-5,8-9,20H,6-7,10H2,1-2H3. The van der Waals surface area contributed by atoms with Crippen LogP contribution in [0, 0.1) is 0 Å². The van der Waals surface area contributed by atoms with Crippen LogP contribution in [0.25, 0.3) is 0 Å². The highest BCUT2D eigenvalue weighted by atomic mass is 32.2. The Bertz CT molecular complexity index is 887. The van der Waals surface area contributed by atoms with Crippen molar-refractivity contribution in [2.45, 2.75) is 23.8 Å². The van der Waals surface area contributed by atoms with E-state index in [-0.39, 0.29) is 10.7 Å². The molecule has 0 aliphatic carbocycles. The number of β-amino-alcohol motifs (C(OH)–C–C–N with tert-alkyl or cyclic N) is 1. The lowest BCUT2D eigenvalue weighted by Gasteiger charge is -2.17. The smallest absolute Gasteiger partial charge is 0.204 e. The highest BCUT2D eigenvalue weighted by molar-refractivity contribution is 7.90. The third-order valence-corrected chi connectivity index (χ3v) is 6.13. The number of hydrogen-bond donors (Lipinski definition) is 1.